The fourth-order valence-electron chi connectivity index (χ4n) is 1.96. The van der Waals surface area contributed by atoms with E-state index in [2.05, 4.69) is 10.1 Å². The van der Waals surface area contributed by atoms with Gasteiger partial charge in [0, 0.05) is 38.0 Å². The number of hydrogen-bond donors (Lipinski definition) is 1. The smallest absolute Gasteiger partial charge is 0.0636 e. The quantitative estimate of drug-likeness (QED) is 0.862. The molecule has 0 bridgehead atoms. The van der Waals surface area contributed by atoms with Gasteiger partial charge >= 0.3 is 0 Å². The molecular formula is C13H17N3O. The average Bonchev–Trinajstić information content (AvgIpc) is 2.58. The van der Waals surface area contributed by atoms with Crippen LogP contribution in [0.4, 0.5) is 0 Å². The fraction of sp³-hybridized carbons (Fsp3) is 0.385. The summed E-state index contributed by atoms with van der Waals surface area (Å²) in [5.41, 5.74) is 3.09. The summed E-state index contributed by atoms with van der Waals surface area (Å²) in [5, 5.41) is 14.3. The first kappa shape index (κ1) is 11.8. The van der Waals surface area contributed by atoms with Gasteiger partial charge in [-0.2, -0.15) is 5.10 Å². The van der Waals surface area contributed by atoms with Crippen LogP contribution in [0.1, 0.15) is 17.0 Å². The highest BCUT2D eigenvalue weighted by molar-refractivity contribution is 5.13. The minimum atomic E-state index is -0.394. The Balaban J connectivity index is 1.98. The molecule has 0 aromatic carbocycles. The lowest BCUT2D eigenvalue weighted by atomic mass is 10.1. The van der Waals surface area contributed by atoms with E-state index in [1.807, 2.05) is 36.9 Å². The first-order chi connectivity index (χ1) is 8.15. The van der Waals surface area contributed by atoms with E-state index in [1.54, 1.807) is 12.4 Å². The molecule has 1 N–H and O–H groups in total. The van der Waals surface area contributed by atoms with Gasteiger partial charge in [-0.3, -0.25) is 9.67 Å². The molecule has 1 unspecified atom stereocenters. The molecule has 90 valence electrons. The Morgan fingerprint density at radius 2 is 2.24 bits per heavy atom. The lowest BCUT2D eigenvalue weighted by Gasteiger charge is -2.10. The van der Waals surface area contributed by atoms with Crippen LogP contribution < -0.4 is 0 Å². The van der Waals surface area contributed by atoms with Crippen molar-refractivity contribution >= 4 is 0 Å². The van der Waals surface area contributed by atoms with E-state index in [4.69, 9.17) is 0 Å². The lowest BCUT2D eigenvalue weighted by Crippen LogP contribution is -2.16. The van der Waals surface area contributed by atoms with Gasteiger partial charge in [-0.1, -0.05) is 6.07 Å². The molecule has 4 nitrogen and oxygen atoms in total. The average molecular weight is 231 g/mol. The van der Waals surface area contributed by atoms with Crippen LogP contribution in [0.3, 0.4) is 0 Å². The van der Waals surface area contributed by atoms with Crippen molar-refractivity contribution < 1.29 is 5.11 Å². The first-order valence-electron chi connectivity index (χ1n) is 5.71. The third-order valence-corrected chi connectivity index (χ3v) is 2.74. The highest BCUT2D eigenvalue weighted by Gasteiger charge is 2.10. The van der Waals surface area contributed by atoms with Crippen LogP contribution >= 0.6 is 0 Å². The number of aryl methyl sites for hydroxylation is 2. The number of nitrogens with zero attached hydrogens (tertiary/aromatic N) is 3. The molecule has 0 aliphatic heterocycles. The SMILES string of the molecule is Cc1cc(CC(O)Cc2cccnc2)n(C)n1. The molecule has 2 aromatic rings. The summed E-state index contributed by atoms with van der Waals surface area (Å²) in [6, 6.07) is 5.87. The van der Waals surface area contributed by atoms with Gasteiger partial charge in [0.2, 0.25) is 0 Å². The van der Waals surface area contributed by atoms with Crippen molar-refractivity contribution in [2.24, 2.45) is 7.05 Å². The zero-order chi connectivity index (χ0) is 12.3. The van der Waals surface area contributed by atoms with Crippen molar-refractivity contribution in [3.63, 3.8) is 0 Å². The standard InChI is InChI=1S/C13H17N3O/c1-10-6-12(16(2)15-10)8-13(17)7-11-4-3-5-14-9-11/h3-6,9,13,17H,7-8H2,1-2H3. The second-order valence-electron chi connectivity index (χ2n) is 4.32. The summed E-state index contributed by atoms with van der Waals surface area (Å²) < 4.78 is 1.82. The summed E-state index contributed by atoms with van der Waals surface area (Å²) in [7, 11) is 1.90. The maximum Gasteiger partial charge on any atom is 0.0636 e. The van der Waals surface area contributed by atoms with Crippen molar-refractivity contribution in [2.45, 2.75) is 25.9 Å². The van der Waals surface area contributed by atoms with Crippen molar-refractivity contribution in [2.75, 3.05) is 0 Å². The number of aliphatic hydroxyl groups is 1. The lowest BCUT2D eigenvalue weighted by molar-refractivity contribution is 0.173. The molecule has 0 aliphatic rings. The van der Waals surface area contributed by atoms with Gasteiger partial charge in [0.25, 0.3) is 0 Å². The Labute approximate surface area is 101 Å². The summed E-state index contributed by atoms with van der Waals surface area (Å²) in [5.74, 6) is 0. The van der Waals surface area contributed by atoms with Gasteiger partial charge in [0.05, 0.1) is 11.8 Å². The molecule has 4 heteroatoms. The highest BCUT2D eigenvalue weighted by atomic mass is 16.3. The van der Waals surface area contributed by atoms with E-state index in [9.17, 15) is 5.11 Å². The zero-order valence-corrected chi connectivity index (χ0v) is 10.2. The van der Waals surface area contributed by atoms with Crippen LogP contribution in [0.25, 0.3) is 0 Å². The van der Waals surface area contributed by atoms with Gasteiger partial charge < -0.3 is 5.11 Å². The van der Waals surface area contributed by atoms with Crippen molar-refractivity contribution in [3.8, 4) is 0 Å². The Kier molecular flexibility index (Phi) is 3.54. The first-order valence-corrected chi connectivity index (χ1v) is 5.71. The van der Waals surface area contributed by atoms with Gasteiger partial charge in [-0.25, -0.2) is 0 Å². The molecule has 0 radical (unpaired) electrons. The van der Waals surface area contributed by atoms with E-state index in [0.717, 1.165) is 17.0 Å². The Bertz CT molecular complexity index is 479. The topological polar surface area (TPSA) is 50.9 Å². The predicted molar refractivity (Wildman–Crippen MR) is 65.6 cm³/mol. The summed E-state index contributed by atoms with van der Waals surface area (Å²) in [6.07, 6.45) is 4.37. The second kappa shape index (κ2) is 5.10. The number of rotatable bonds is 4. The predicted octanol–water partition coefficient (Wildman–Crippen LogP) is 1.27. The van der Waals surface area contributed by atoms with E-state index in [1.165, 1.54) is 0 Å². The normalized spacial score (nSPS) is 12.6. The zero-order valence-electron chi connectivity index (χ0n) is 10.2. The molecule has 2 aromatic heterocycles. The Morgan fingerprint density at radius 1 is 1.41 bits per heavy atom. The van der Waals surface area contributed by atoms with Gasteiger partial charge in [-0.15, -0.1) is 0 Å². The van der Waals surface area contributed by atoms with Gasteiger partial charge in [-0.05, 0) is 24.6 Å². The number of pyridine rings is 1. The van der Waals surface area contributed by atoms with Crippen LogP contribution in [0.5, 0.6) is 0 Å². The Hall–Kier alpha value is -1.68. The summed E-state index contributed by atoms with van der Waals surface area (Å²) >= 11 is 0. The molecule has 0 saturated carbocycles. The summed E-state index contributed by atoms with van der Waals surface area (Å²) in [6.45, 7) is 1.96. The Morgan fingerprint density at radius 3 is 2.82 bits per heavy atom. The largest absolute Gasteiger partial charge is 0.392 e. The second-order valence-corrected chi connectivity index (χ2v) is 4.32. The van der Waals surface area contributed by atoms with E-state index < -0.39 is 6.10 Å². The molecule has 0 fully saturated rings. The molecule has 0 saturated heterocycles. The fourth-order valence-corrected chi connectivity index (χ4v) is 1.96. The summed E-state index contributed by atoms with van der Waals surface area (Å²) in [4.78, 5) is 4.04. The molecule has 1 atom stereocenters. The minimum Gasteiger partial charge on any atom is -0.392 e. The highest BCUT2D eigenvalue weighted by Crippen LogP contribution is 2.09. The number of aromatic nitrogens is 3. The van der Waals surface area contributed by atoms with E-state index in [0.29, 0.717) is 12.8 Å². The van der Waals surface area contributed by atoms with Crippen molar-refractivity contribution in [1.82, 2.24) is 14.8 Å². The monoisotopic (exact) mass is 231 g/mol. The van der Waals surface area contributed by atoms with Crippen LogP contribution in [-0.2, 0) is 19.9 Å². The third-order valence-electron chi connectivity index (χ3n) is 2.74. The molecular weight excluding hydrogens is 214 g/mol. The molecule has 2 rings (SSSR count). The molecule has 17 heavy (non-hydrogen) atoms. The van der Waals surface area contributed by atoms with Crippen LogP contribution in [0.15, 0.2) is 30.6 Å². The number of hydrogen-bond acceptors (Lipinski definition) is 3. The minimum absolute atomic E-state index is 0.394. The van der Waals surface area contributed by atoms with Crippen LogP contribution in [0, 0.1) is 6.92 Å². The van der Waals surface area contributed by atoms with E-state index in [-0.39, 0.29) is 0 Å². The molecule has 0 spiro atoms. The van der Waals surface area contributed by atoms with Crippen molar-refractivity contribution in [3.05, 3.63) is 47.5 Å². The van der Waals surface area contributed by atoms with Crippen molar-refractivity contribution in [1.29, 1.82) is 0 Å². The van der Waals surface area contributed by atoms with Gasteiger partial charge in [0.15, 0.2) is 0 Å². The molecule has 0 amide bonds. The van der Waals surface area contributed by atoms with E-state index >= 15 is 0 Å². The molecule has 0 aliphatic carbocycles. The van der Waals surface area contributed by atoms with Gasteiger partial charge in [0.1, 0.15) is 0 Å². The van der Waals surface area contributed by atoms with Crippen LogP contribution in [0.2, 0.25) is 0 Å². The maximum atomic E-state index is 10.0. The van der Waals surface area contributed by atoms with Crippen LogP contribution in [-0.4, -0.2) is 26.0 Å². The maximum absolute atomic E-state index is 10.0. The molecule has 2 heterocycles. The third kappa shape index (κ3) is 3.14. The number of aliphatic hydroxyl groups excluding tert-OH is 1.